The number of nitrogens with zero attached hydrogens (tertiary/aromatic N) is 3. The summed E-state index contributed by atoms with van der Waals surface area (Å²) in [5.74, 6) is 1.99. The molecule has 0 aliphatic carbocycles. The van der Waals surface area contributed by atoms with E-state index >= 15 is 0 Å². The van der Waals surface area contributed by atoms with E-state index in [1.165, 1.54) is 38.0 Å². The number of fused-ring (bicyclic) bond motifs is 3. The monoisotopic (exact) mass is 284 g/mol. The van der Waals surface area contributed by atoms with Gasteiger partial charge in [0.15, 0.2) is 0 Å². The van der Waals surface area contributed by atoms with Crippen LogP contribution < -0.4 is 5.32 Å². The van der Waals surface area contributed by atoms with Gasteiger partial charge >= 0.3 is 0 Å². The first kappa shape index (κ1) is 13.3. The van der Waals surface area contributed by atoms with E-state index in [4.69, 9.17) is 0 Å². The van der Waals surface area contributed by atoms with Crippen molar-refractivity contribution in [2.75, 3.05) is 26.2 Å². The van der Waals surface area contributed by atoms with Gasteiger partial charge in [0.25, 0.3) is 0 Å². The highest BCUT2D eigenvalue weighted by atomic mass is 15.2. The van der Waals surface area contributed by atoms with Crippen LogP contribution in [0.15, 0.2) is 24.3 Å². The normalized spacial score (nSPS) is 28.3. The van der Waals surface area contributed by atoms with Crippen molar-refractivity contribution in [2.24, 2.45) is 5.92 Å². The molecule has 1 aromatic carbocycles. The minimum absolute atomic E-state index is 0.721. The van der Waals surface area contributed by atoms with Crippen molar-refractivity contribution in [3.05, 3.63) is 30.1 Å². The minimum Gasteiger partial charge on any atom is -0.327 e. The third kappa shape index (κ3) is 2.47. The number of aromatic nitrogens is 2. The second-order valence-corrected chi connectivity index (χ2v) is 6.50. The molecule has 2 aliphatic heterocycles. The van der Waals surface area contributed by atoms with Crippen molar-refractivity contribution < 1.29 is 0 Å². The van der Waals surface area contributed by atoms with Crippen LogP contribution in [0.1, 0.15) is 18.7 Å². The topological polar surface area (TPSA) is 33.1 Å². The zero-order chi connectivity index (χ0) is 14.2. The summed E-state index contributed by atoms with van der Waals surface area (Å²) in [5, 5.41) is 3.80. The van der Waals surface area contributed by atoms with Gasteiger partial charge in [-0.05, 0) is 50.9 Å². The molecule has 4 nitrogen and oxygen atoms in total. The van der Waals surface area contributed by atoms with Crippen molar-refractivity contribution in [2.45, 2.75) is 32.4 Å². The molecule has 3 atom stereocenters. The predicted molar refractivity (Wildman–Crippen MR) is 85.4 cm³/mol. The van der Waals surface area contributed by atoms with Gasteiger partial charge in [0, 0.05) is 25.7 Å². The molecule has 0 spiro atoms. The van der Waals surface area contributed by atoms with E-state index in [9.17, 15) is 0 Å². The Bertz CT molecular complexity index is 633. The third-order valence-corrected chi connectivity index (χ3v) is 5.22. The summed E-state index contributed by atoms with van der Waals surface area (Å²) in [7, 11) is 0. The zero-order valence-electron chi connectivity index (χ0n) is 12.8. The van der Waals surface area contributed by atoms with E-state index in [0.717, 1.165) is 36.4 Å². The highest BCUT2D eigenvalue weighted by Gasteiger charge is 2.33. The van der Waals surface area contributed by atoms with Crippen molar-refractivity contribution in [3.63, 3.8) is 0 Å². The second kappa shape index (κ2) is 5.43. The van der Waals surface area contributed by atoms with Crippen LogP contribution in [0.2, 0.25) is 0 Å². The van der Waals surface area contributed by atoms with E-state index in [2.05, 4.69) is 51.0 Å². The Labute approximate surface area is 126 Å². The number of nitrogens with one attached hydrogen (secondary N) is 1. The van der Waals surface area contributed by atoms with Crippen molar-refractivity contribution in [1.29, 1.82) is 0 Å². The molecule has 2 saturated heterocycles. The lowest BCUT2D eigenvalue weighted by molar-refractivity contribution is 0.220. The Morgan fingerprint density at radius 1 is 1.24 bits per heavy atom. The molecule has 3 heterocycles. The molecule has 2 aliphatic rings. The van der Waals surface area contributed by atoms with Gasteiger partial charge in [0.1, 0.15) is 5.82 Å². The number of imidazole rings is 1. The average Bonchev–Trinajstić information content (AvgIpc) is 3.03. The lowest BCUT2D eigenvalue weighted by Crippen LogP contribution is -2.44. The molecule has 1 aromatic heterocycles. The minimum atomic E-state index is 0.721. The largest absolute Gasteiger partial charge is 0.327 e. The molecule has 1 N–H and O–H groups in total. The number of rotatable bonds is 4. The Hall–Kier alpha value is -1.39. The van der Waals surface area contributed by atoms with Gasteiger partial charge in [-0.25, -0.2) is 4.98 Å². The second-order valence-electron chi connectivity index (χ2n) is 6.50. The Balaban J connectivity index is 1.41. The summed E-state index contributed by atoms with van der Waals surface area (Å²) in [6.07, 6.45) is 2.69. The van der Waals surface area contributed by atoms with Gasteiger partial charge < -0.3 is 14.8 Å². The van der Waals surface area contributed by atoms with Gasteiger partial charge in [-0.1, -0.05) is 12.1 Å². The number of benzene rings is 1. The van der Waals surface area contributed by atoms with Crippen LogP contribution in [0.25, 0.3) is 11.0 Å². The average molecular weight is 284 g/mol. The van der Waals surface area contributed by atoms with E-state index in [-0.39, 0.29) is 0 Å². The van der Waals surface area contributed by atoms with Crippen LogP contribution in [0.4, 0.5) is 0 Å². The molecule has 0 amide bonds. The van der Waals surface area contributed by atoms with Gasteiger partial charge in [-0.2, -0.15) is 0 Å². The van der Waals surface area contributed by atoms with Crippen molar-refractivity contribution in [3.8, 4) is 0 Å². The summed E-state index contributed by atoms with van der Waals surface area (Å²) in [4.78, 5) is 7.25. The molecule has 4 heteroatoms. The van der Waals surface area contributed by atoms with E-state index in [0.29, 0.717) is 0 Å². The summed E-state index contributed by atoms with van der Waals surface area (Å²) < 4.78 is 2.34. The number of para-hydroxylation sites is 2. The number of hydrogen-bond acceptors (Lipinski definition) is 3. The van der Waals surface area contributed by atoms with E-state index in [1.54, 1.807) is 0 Å². The van der Waals surface area contributed by atoms with Crippen LogP contribution in [-0.4, -0.2) is 46.7 Å². The lowest BCUT2D eigenvalue weighted by atomic mass is 9.94. The van der Waals surface area contributed by atoms with Gasteiger partial charge in [0.2, 0.25) is 0 Å². The summed E-state index contributed by atoms with van der Waals surface area (Å²) in [6.45, 7) is 8.07. The summed E-state index contributed by atoms with van der Waals surface area (Å²) >= 11 is 0. The predicted octanol–water partition coefficient (Wildman–Crippen LogP) is 2.03. The van der Waals surface area contributed by atoms with Crippen LogP contribution in [-0.2, 0) is 6.54 Å². The molecule has 0 radical (unpaired) electrons. The van der Waals surface area contributed by atoms with Gasteiger partial charge in [-0.3, -0.25) is 0 Å². The first-order valence-electron chi connectivity index (χ1n) is 8.19. The highest BCUT2D eigenvalue weighted by Crippen LogP contribution is 2.27. The fourth-order valence-corrected chi connectivity index (χ4v) is 4.06. The fourth-order valence-electron chi connectivity index (χ4n) is 4.06. The highest BCUT2D eigenvalue weighted by molar-refractivity contribution is 5.75. The molecule has 112 valence electrons. The molecule has 0 saturated carbocycles. The first-order valence-corrected chi connectivity index (χ1v) is 8.19. The smallest absolute Gasteiger partial charge is 0.106 e. The van der Waals surface area contributed by atoms with Crippen LogP contribution in [0, 0.1) is 12.8 Å². The molecule has 2 fully saturated rings. The van der Waals surface area contributed by atoms with E-state index < -0.39 is 0 Å². The SMILES string of the molecule is Cc1nc2ccccc2n1CCNC1CCN2CCC1C2. The maximum absolute atomic E-state index is 4.64. The third-order valence-electron chi connectivity index (χ3n) is 5.22. The molecular formula is C17H24N4. The van der Waals surface area contributed by atoms with Crippen LogP contribution in [0.3, 0.4) is 0 Å². The summed E-state index contributed by atoms with van der Waals surface area (Å²) in [5.41, 5.74) is 2.37. The number of aryl methyl sites for hydroxylation is 1. The number of piperidine rings is 1. The molecule has 21 heavy (non-hydrogen) atoms. The van der Waals surface area contributed by atoms with Crippen molar-refractivity contribution in [1.82, 2.24) is 19.8 Å². The Morgan fingerprint density at radius 3 is 3.05 bits per heavy atom. The maximum Gasteiger partial charge on any atom is 0.106 e. The lowest BCUT2D eigenvalue weighted by Gasteiger charge is -2.31. The zero-order valence-corrected chi connectivity index (χ0v) is 12.8. The van der Waals surface area contributed by atoms with Crippen LogP contribution in [0.5, 0.6) is 0 Å². The van der Waals surface area contributed by atoms with Crippen molar-refractivity contribution >= 4 is 11.0 Å². The maximum atomic E-state index is 4.64. The first-order chi connectivity index (χ1) is 10.3. The molecule has 4 rings (SSSR count). The number of hydrogen-bond donors (Lipinski definition) is 1. The van der Waals surface area contributed by atoms with E-state index in [1.807, 2.05) is 0 Å². The Kier molecular flexibility index (Phi) is 3.43. The fraction of sp³-hybridized carbons (Fsp3) is 0.588. The standard InChI is InChI=1S/C17H24N4/c1-13-19-16-4-2-3-5-17(16)21(13)11-8-18-15-7-10-20-9-6-14(15)12-20/h2-5,14-15,18H,6-12H2,1H3. The quantitative estimate of drug-likeness (QED) is 0.932. The molecule has 2 bridgehead atoms. The van der Waals surface area contributed by atoms with Gasteiger partial charge in [-0.15, -0.1) is 0 Å². The molecular weight excluding hydrogens is 260 g/mol. The van der Waals surface area contributed by atoms with Crippen LogP contribution >= 0.6 is 0 Å². The molecule has 3 unspecified atom stereocenters. The Morgan fingerprint density at radius 2 is 2.10 bits per heavy atom. The molecule has 2 aromatic rings. The summed E-state index contributed by atoms with van der Waals surface area (Å²) in [6, 6.07) is 9.15. The van der Waals surface area contributed by atoms with Gasteiger partial charge in [0.05, 0.1) is 11.0 Å².